The summed E-state index contributed by atoms with van der Waals surface area (Å²) in [6.45, 7) is 0. The fourth-order valence-corrected chi connectivity index (χ4v) is 4.57. The number of carbonyl (C=O) groups is 2. The number of fused-ring (bicyclic) bond motifs is 2. The first-order valence-corrected chi connectivity index (χ1v) is 9.68. The van der Waals surface area contributed by atoms with Gasteiger partial charge in [0.05, 0.1) is 0 Å². The first-order valence-electron chi connectivity index (χ1n) is 9.68. The molecule has 0 spiro atoms. The summed E-state index contributed by atoms with van der Waals surface area (Å²) in [7, 11) is 0. The van der Waals surface area contributed by atoms with Crippen LogP contribution < -0.4 is 16.0 Å². The molecule has 3 atom stereocenters. The summed E-state index contributed by atoms with van der Waals surface area (Å²) in [6.07, 6.45) is 5.76. The normalized spacial score (nSPS) is 23.0. The number of hydrogen-bond acceptors (Lipinski definition) is 2. The first-order chi connectivity index (χ1) is 13.2. The van der Waals surface area contributed by atoms with Gasteiger partial charge in [-0.15, -0.1) is 0 Å². The van der Waals surface area contributed by atoms with Gasteiger partial charge in [0.25, 0.3) is 0 Å². The Morgan fingerprint density at radius 2 is 1.52 bits per heavy atom. The summed E-state index contributed by atoms with van der Waals surface area (Å²) < 4.78 is 0. The Morgan fingerprint density at radius 1 is 0.815 bits per heavy atom. The van der Waals surface area contributed by atoms with Gasteiger partial charge in [-0.05, 0) is 67.3 Å². The largest absolute Gasteiger partial charge is 0.326 e. The number of nitrogens with one attached hydrogen (secondary N) is 3. The molecule has 2 aliphatic carbocycles. The SMILES string of the molecule is O=C(C[C@@H]1C[C@H]2CC[C@H]1C2)Nc1cccc(NC(=O)Nc2ccccc2)c1. The minimum absolute atomic E-state index is 0.0680. The molecular formula is C22H25N3O2. The third kappa shape index (κ3) is 4.48. The van der Waals surface area contributed by atoms with Crippen LogP contribution in [0.4, 0.5) is 21.9 Å². The highest BCUT2D eigenvalue weighted by Gasteiger charge is 2.40. The lowest BCUT2D eigenvalue weighted by Gasteiger charge is -2.21. The van der Waals surface area contributed by atoms with Gasteiger partial charge in [0.2, 0.25) is 5.91 Å². The summed E-state index contributed by atoms with van der Waals surface area (Å²) in [4.78, 5) is 24.5. The number of hydrogen-bond donors (Lipinski definition) is 3. The monoisotopic (exact) mass is 363 g/mol. The average molecular weight is 363 g/mol. The predicted octanol–water partition coefficient (Wildman–Crippen LogP) is 5.10. The Bertz CT molecular complexity index is 821. The highest BCUT2D eigenvalue weighted by molar-refractivity contribution is 6.00. The number of urea groups is 1. The zero-order chi connectivity index (χ0) is 18.6. The molecule has 2 bridgehead atoms. The van der Waals surface area contributed by atoms with Crippen LogP contribution in [0, 0.1) is 17.8 Å². The molecule has 2 aliphatic rings. The Balaban J connectivity index is 1.30. The molecule has 4 rings (SSSR count). The van der Waals surface area contributed by atoms with Gasteiger partial charge in [0.15, 0.2) is 0 Å². The smallest absolute Gasteiger partial charge is 0.323 e. The maximum absolute atomic E-state index is 12.4. The fraction of sp³-hybridized carbons (Fsp3) is 0.364. The molecule has 2 aromatic carbocycles. The van der Waals surface area contributed by atoms with Gasteiger partial charge in [0.1, 0.15) is 0 Å². The van der Waals surface area contributed by atoms with Crippen LogP contribution in [0.2, 0.25) is 0 Å². The van der Waals surface area contributed by atoms with Crippen LogP contribution in [0.3, 0.4) is 0 Å². The third-order valence-corrected chi connectivity index (χ3v) is 5.77. The number of anilines is 3. The van der Waals surface area contributed by atoms with Gasteiger partial charge < -0.3 is 16.0 Å². The van der Waals surface area contributed by atoms with Gasteiger partial charge in [-0.25, -0.2) is 4.79 Å². The van der Waals surface area contributed by atoms with E-state index in [0.29, 0.717) is 23.7 Å². The molecule has 140 valence electrons. The summed E-state index contributed by atoms with van der Waals surface area (Å²) >= 11 is 0. The van der Waals surface area contributed by atoms with E-state index in [0.717, 1.165) is 17.5 Å². The third-order valence-electron chi connectivity index (χ3n) is 5.77. The van der Waals surface area contributed by atoms with Crippen molar-refractivity contribution in [2.45, 2.75) is 32.1 Å². The van der Waals surface area contributed by atoms with E-state index in [9.17, 15) is 9.59 Å². The maximum Gasteiger partial charge on any atom is 0.323 e. The summed E-state index contributed by atoms with van der Waals surface area (Å²) in [5, 5.41) is 8.56. The maximum atomic E-state index is 12.4. The van der Waals surface area contributed by atoms with Gasteiger partial charge in [-0.2, -0.15) is 0 Å². The quantitative estimate of drug-likeness (QED) is 0.692. The second-order valence-corrected chi connectivity index (χ2v) is 7.71. The lowest BCUT2D eigenvalue weighted by Crippen LogP contribution is -2.21. The van der Waals surface area contributed by atoms with Crippen molar-refractivity contribution in [1.82, 2.24) is 0 Å². The summed E-state index contributed by atoms with van der Waals surface area (Å²) in [6, 6.07) is 16.2. The number of amides is 3. The molecule has 0 unspecified atom stereocenters. The second-order valence-electron chi connectivity index (χ2n) is 7.71. The van der Waals surface area contributed by atoms with Crippen LogP contribution in [-0.2, 0) is 4.79 Å². The molecule has 2 aromatic rings. The van der Waals surface area contributed by atoms with Crippen molar-refractivity contribution < 1.29 is 9.59 Å². The molecule has 5 nitrogen and oxygen atoms in total. The molecule has 2 saturated carbocycles. The van der Waals surface area contributed by atoms with E-state index >= 15 is 0 Å². The number of rotatable bonds is 5. The van der Waals surface area contributed by atoms with Crippen LogP contribution in [0.5, 0.6) is 0 Å². The fourth-order valence-electron chi connectivity index (χ4n) is 4.57. The van der Waals surface area contributed by atoms with Crippen LogP contribution >= 0.6 is 0 Å². The van der Waals surface area contributed by atoms with Crippen LogP contribution in [0.1, 0.15) is 32.1 Å². The number of para-hydroxylation sites is 1. The molecule has 0 saturated heterocycles. The Hall–Kier alpha value is -2.82. The lowest BCUT2D eigenvalue weighted by molar-refractivity contribution is -0.117. The van der Waals surface area contributed by atoms with Gasteiger partial charge in [-0.1, -0.05) is 30.7 Å². The Morgan fingerprint density at radius 3 is 2.22 bits per heavy atom. The second kappa shape index (κ2) is 7.82. The molecule has 27 heavy (non-hydrogen) atoms. The van der Waals surface area contributed by atoms with E-state index < -0.39 is 0 Å². The number of benzene rings is 2. The van der Waals surface area contributed by atoms with Crippen molar-refractivity contribution in [3.63, 3.8) is 0 Å². The zero-order valence-electron chi connectivity index (χ0n) is 15.3. The van der Waals surface area contributed by atoms with Crippen molar-refractivity contribution in [2.75, 3.05) is 16.0 Å². The lowest BCUT2D eigenvalue weighted by atomic mass is 9.86. The Kier molecular flexibility index (Phi) is 5.10. The highest BCUT2D eigenvalue weighted by atomic mass is 16.2. The molecule has 0 aromatic heterocycles. The van der Waals surface area contributed by atoms with Crippen molar-refractivity contribution in [3.05, 3.63) is 54.6 Å². The summed E-state index contributed by atoms with van der Waals surface area (Å²) in [5.74, 6) is 2.21. The van der Waals surface area contributed by atoms with Crippen molar-refractivity contribution >= 4 is 29.0 Å². The molecule has 2 fully saturated rings. The molecule has 5 heteroatoms. The number of carbonyl (C=O) groups excluding carboxylic acids is 2. The van der Waals surface area contributed by atoms with Gasteiger partial charge in [0, 0.05) is 23.5 Å². The average Bonchev–Trinajstić information content (AvgIpc) is 3.25. The van der Waals surface area contributed by atoms with Gasteiger partial charge >= 0.3 is 6.03 Å². The minimum Gasteiger partial charge on any atom is -0.326 e. The topological polar surface area (TPSA) is 70.2 Å². The van der Waals surface area contributed by atoms with Crippen LogP contribution in [0.25, 0.3) is 0 Å². The summed E-state index contributed by atoms with van der Waals surface area (Å²) in [5.41, 5.74) is 2.08. The van der Waals surface area contributed by atoms with E-state index in [-0.39, 0.29) is 11.9 Å². The van der Waals surface area contributed by atoms with Crippen molar-refractivity contribution in [1.29, 1.82) is 0 Å². The van der Waals surface area contributed by atoms with Crippen LogP contribution in [0.15, 0.2) is 54.6 Å². The van der Waals surface area contributed by atoms with E-state index in [2.05, 4.69) is 16.0 Å². The van der Waals surface area contributed by atoms with Crippen molar-refractivity contribution in [2.24, 2.45) is 17.8 Å². The predicted molar refractivity (Wildman–Crippen MR) is 108 cm³/mol. The molecule has 0 heterocycles. The molecular weight excluding hydrogens is 338 g/mol. The van der Waals surface area contributed by atoms with E-state index in [1.54, 1.807) is 12.1 Å². The van der Waals surface area contributed by atoms with E-state index in [1.165, 1.54) is 25.7 Å². The highest BCUT2D eigenvalue weighted by Crippen LogP contribution is 2.49. The van der Waals surface area contributed by atoms with Crippen molar-refractivity contribution in [3.8, 4) is 0 Å². The minimum atomic E-state index is -0.313. The zero-order valence-corrected chi connectivity index (χ0v) is 15.3. The molecule has 3 N–H and O–H groups in total. The van der Waals surface area contributed by atoms with Crippen LogP contribution in [-0.4, -0.2) is 11.9 Å². The molecule has 0 radical (unpaired) electrons. The molecule has 0 aliphatic heterocycles. The Labute approximate surface area is 159 Å². The molecule has 3 amide bonds. The first kappa shape index (κ1) is 17.6. The van der Waals surface area contributed by atoms with Gasteiger partial charge in [-0.3, -0.25) is 4.79 Å². The van der Waals surface area contributed by atoms with E-state index in [1.807, 2.05) is 42.5 Å². The standard InChI is InChI=1S/C22H25N3O2/c26-21(13-17-12-15-9-10-16(17)11-15)23-19-7-4-8-20(14-19)25-22(27)24-18-5-2-1-3-6-18/h1-8,14-17H,9-13H2,(H,23,26)(H2,24,25,27)/t15-,16-,17-/m0/s1. The van der Waals surface area contributed by atoms with E-state index in [4.69, 9.17) is 0 Å².